The molecule has 0 fully saturated rings. The van der Waals surface area contributed by atoms with E-state index >= 15 is 0 Å². The highest BCUT2D eigenvalue weighted by atomic mass is 16.2. The Hall–Kier alpha value is -1.62. The molecule has 2 heterocycles. The first-order valence-corrected chi connectivity index (χ1v) is 6.53. The highest BCUT2D eigenvalue weighted by molar-refractivity contribution is 5.35. The van der Waals surface area contributed by atoms with E-state index in [2.05, 4.69) is 24.3 Å². The van der Waals surface area contributed by atoms with Crippen molar-refractivity contribution < 1.29 is 0 Å². The van der Waals surface area contributed by atoms with E-state index in [9.17, 15) is 4.79 Å². The Kier molecular flexibility index (Phi) is 4.15. The van der Waals surface area contributed by atoms with E-state index in [1.165, 1.54) is 0 Å². The van der Waals surface area contributed by atoms with Crippen molar-refractivity contribution in [3.8, 4) is 0 Å². The van der Waals surface area contributed by atoms with Gasteiger partial charge in [-0.25, -0.2) is 9.48 Å². The van der Waals surface area contributed by atoms with Gasteiger partial charge in [0.1, 0.15) is 0 Å². The van der Waals surface area contributed by atoms with Crippen LogP contribution in [0, 0.1) is 0 Å². The molecule has 0 spiro atoms. The van der Waals surface area contributed by atoms with Crippen LogP contribution in [0.5, 0.6) is 0 Å². The molecule has 0 saturated heterocycles. The number of rotatable bonds is 6. The molecular formula is C13H20N4O. The largest absolute Gasteiger partial charge is 0.350 e. The van der Waals surface area contributed by atoms with Crippen molar-refractivity contribution in [3.63, 3.8) is 0 Å². The average molecular weight is 248 g/mol. The summed E-state index contributed by atoms with van der Waals surface area (Å²) in [5, 5.41) is 7.74. The lowest BCUT2D eigenvalue weighted by Crippen LogP contribution is -2.36. The van der Waals surface area contributed by atoms with Crippen molar-refractivity contribution in [1.82, 2.24) is 19.5 Å². The van der Waals surface area contributed by atoms with Gasteiger partial charge in [0.25, 0.3) is 0 Å². The molecule has 2 rings (SSSR count). The number of fused-ring (bicyclic) bond motifs is 1. The summed E-state index contributed by atoms with van der Waals surface area (Å²) in [5.41, 5.74) is 0.638. The van der Waals surface area contributed by atoms with Crippen LogP contribution in [0.4, 0.5) is 0 Å². The van der Waals surface area contributed by atoms with Crippen molar-refractivity contribution >= 4 is 5.65 Å². The summed E-state index contributed by atoms with van der Waals surface area (Å²) in [7, 11) is 0. The van der Waals surface area contributed by atoms with E-state index < -0.39 is 0 Å². The number of pyridine rings is 1. The van der Waals surface area contributed by atoms with Gasteiger partial charge in [-0.2, -0.15) is 0 Å². The Morgan fingerprint density at radius 3 is 2.89 bits per heavy atom. The minimum Gasteiger partial charge on any atom is -0.312 e. The molecule has 1 N–H and O–H groups in total. The molecule has 0 aliphatic carbocycles. The summed E-state index contributed by atoms with van der Waals surface area (Å²) >= 11 is 0. The summed E-state index contributed by atoms with van der Waals surface area (Å²) in [5.74, 6) is 0. The van der Waals surface area contributed by atoms with Crippen molar-refractivity contribution in [1.29, 1.82) is 0 Å². The van der Waals surface area contributed by atoms with Crippen molar-refractivity contribution in [3.05, 3.63) is 34.9 Å². The van der Waals surface area contributed by atoms with Crippen molar-refractivity contribution in [2.75, 3.05) is 6.54 Å². The van der Waals surface area contributed by atoms with E-state index in [-0.39, 0.29) is 5.69 Å². The van der Waals surface area contributed by atoms with Gasteiger partial charge in [0.05, 0.1) is 6.54 Å². The molecular weight excluding hydrogens is 228 g/mol. The zero-order chi connectivity index (χ0) is 13.0. The maximum Gasteiger partial charge on any atom is 0.350 e. The van der Waals surface area contributed by atoms with Gasteiger partial charge in [-0.1, -0.05) is 26.3 Å². The van der Waals surface area contributed by atoms with E-state index in [0.717, 1.165) is 19.4 Å². The zero-order valence-corrected chi connectivity index (χ0v) is 11.0. The van der Waals surface area contributed by atoms with Gasteiger partial charge in [0.15, 0.2) is 5.65 Å². The van der Waals surface area contributed by atoms with Crippen LogP contribution in [0.1, 0.15) is 26.7 Å². The van der Waals surface area contributed by atoms with E-state index in [4.69, 9.17) is 0 Å². The van der Waals surface area contributed by atoms with Crippen LogP contribution in [-0.2, 0) is 6.54 Å². The zero-order valence-electron chi connectivity index (χ0n) is 11.0. The molecule has 5 nitrogen and oxygen atoms in total. The van der Waals surface area contributed by atoms with Gasteiger partial charge in [-0.3, -0.25) is 4.40 Å². The lowest BCUT2D eigenvalue weighted by atomic mass is 10.1. The molecule has 0 radical (unpaired) electrons. The minimum atomic E-state index is -0.0652. The predicted octanol–water partition coefficient (Wildman–Crippen LogP) is 1.27. The third-order valence-corrected chi connectivity index (χ3v) is 3.01. The Bertz CT molecular complexity index is 551. The van der Waals surface area contributed by atoms with Crippen LogP contribution in [-0.4, -0.2) is 26.8 Å². The van der Waals surface area contributed by atoms with Crippen LogP contribution >= 0.6 is 0 Å². The molecule has 2 aromatic heterocycles. The molecule has 98 valence electrons. The second kappa shape index (κ2) is 5.82. The highest BCUT2D eigenvalue weighted by Gasteiger charge is 2.11. The SMILES string of the molecule is CCCC(Cn1nc2ccccn2c1=O)NCC. The second-order valence-electron chi connectivity index (χ2n) is 4.44. The standard InChI is InChI=1S/C13H20N4O/c1-3-7-11(14-4-2)10-17-13(18)16-9-6-5-8-12(16)15-17/h5-6,8-9,11,14H,3-4,7,10H2,1-2H3. The third kappa shape index (κ3) is 2.61. The lowest BCUT2D eigenvalue weighted by Gasteiger charge is -2.15. The molecule has 0 aliphatic heterocycles. The number of hydrogen-bond donors (Lipinski definition) is 1. The lowest BCUT2D eigenvalue weighted by molar-refractivity contribution is 0.403. The Morgan fingerprint density at radius 2 is 2.22 bits per heavy atom. The molecule has 5 heteroatoms. The number of aromatic nitrogens is 3. The fraction of sp³-hybridized carbons (Fsp3) is 0.538. The monoisotopic (exact) mass is 248 g/mol. The van der Waals surface area contributed by atoms with Gasteiger partial charge in [0.2, 0.25) is 0 Å². The van der Waals surface area contributed by atoms with Crippen LogP contribution in [0.3, 0.4) is 0 Å². The van der Waals surface area contributed by atoms with Crippen LogP contribution in [0.15, 0.2) is 29.2 Å². The third-order valence-electron chi connectivity index (χ3n) is 3.01. The Morgan fingerprint density at radius 1 is 1.39 bits per heavy atom. The average Bonchev–Trinajstić information content (AvgIpc) is 2.68. The van der Waals surface area contributed by atoms with Crippen LogP contribution in [0.25, 0.3) is 5.65 Å². The van der Waals surface area contributed by atoms with Gasteiger partial charge >= 0.3 is 5.69 Å². The molecule has 1 atom stereocenters. The van der Waals surface area contributed by atoms with Crippen molar-refractivity contribution in [2.24, 2.45) is 0 Å². The first-order valence-electron chi connectivity index (χ1n) is 6.53. The Balaban J connectivity index is 2.25. The van der Waals surface area contributed by atoms with Gasteiger partial charge in [0, 0.05) is 12.2 Å². The summed E-state index contributed by atoms with van der Waals surface area (Å²) in [6, 6.07) is 5.89. The van der Waals surface area contributed by atoms with Gasteiger partial charge in [-0.15, -0.1) is 5.10 Å². The van der Waals surface area contributed by atoms with E-state index in [1.54, 1.807) is 15.3 Å². The normalized spacial score (nSPS) is 13.0. The van der Waals surface area contributed by atoms with E-state index in [1.807, 2.05) is 18.2 Å². The smallest absolute Gasteiger partial charge is 0.312 e. The summed E-state index contributed by atoms with van der Waals surface area (Å²) in [6.07, 6.45) is 3.90. The Labute approximate surface area is 106 Å². The number of nitrogens with zero attached hydrogens (tertiary/aromatic N) is 3. The maximum atomic E-state index is 12.1. The topological polar surface area (TPSA) is 51.3 Å². The molecule has 0 saturated carbocycles. The number of nitrogens with one attached hydrogen (secondary N) is 1. The minimum absolute atomic E-state index is 0.0652. The fourth-order valence-corrected chi connectivity index (χ4v) is 2.19. The molecule has 2 aromatic rings. The second-order valence-corrected chi connectivity index (χ2v) is 4.44. The van der Waals surface area contributed by atoms with Gasteiger partial charge in [-0.05, 0) is 25.1 Å². The number of likely N-dealkylation sites (N-methyl/N-ethyl adjacent to an activating group) is 1. The maximum absolute atomic E-state index is 12.1. The van der Waals surface area contributed by atoms with Crippen LogP contribution in [0.2, 0.25) is 0 Å². The first kappa shape index (κ1) is 12.8. The van der Waals surface area contributed by atoms with Gasteiger partial charge < -0.3 is 5.32 Å². The van der Waals surface area contributed by atoms with E-state index in [0.29, 0.717) is 18.2 Å². The fourth-order valence-electron chi connectivity index (χ4n) is 2.19. The molecule has 1 unspecified atom stereocenters. The molecule has 0 bridgehead atoms. The molecule has 0 aromatic carbocycles. The quantitative estimate of drug-likeness (QED) is 0.837. The van der Waals surface area contributed by atoms with Crippen LogP contribution < -0.4 is 11.0 Å². The molecule has 0 aliphatic rings. The number of hydrogen-bond acceptors (Lipinski definition) is 3. The van der Waals surface area contributed by atoms with Crippen molar-refractivity contribution in [2.45, 2.75) is 39.3 Å². The predicted molar refractivity (Wildman–Crippen MR) is 71.8 cm³/mol. The highest BCUT2D eigenvalue weighted by Crippen LogP contribution is 2.00. The first-order chi connectivity index (χ1) is 8.76. The summed E-state index contributed by atoms with van der Waals surface area (Å²) in [4.78, 5) is 12.1. The summed E-state index contributed by atoms with van der Waals surface area (Å²) < 4.78 is 3.13. The molecule has 0 amide bonds. The summed E-state index contributed by atoms with van der Waals surface area (Å²) in [6.45, 7) is 5.76. The molecule has 18 heavy (non-hydrogen) atoms.